The highest BCUT2D eigenvalue weighted by atomic mass is 16.5. The van der Waals surface area contributed by atoms with E-state index in [2.05, 4.69) is 20.2 Å². The Morgan fingerprint density at radius 2 is 2.08 bits per heavy atom. The Bertz CT molecular complexity index is 942. The number of azo groups is 1. The first-order valence-corrected chi connectivity index (χ1v) is 8.30. The third kappa shape index (κ3) is 4.00. The number of aromatic nitrogens is 2. The van der Waals surface area contributed by atoms with Gasteiger partial charge in [-0.3, -0.25) is 4.98 Å². The van der Waals surface area contributed by atoms with E-state index in [1.54, 1.807) is 30.5 Å². The number of carbonyl (C=O) groups is 1. The summed E-state index contributed by atoms with van der Waals surface area (Å²) in [6.07, 6.45) is 4.78. The summed E-state index contributed by atoms with van der Waals surface area (Å²) in [5.74, 6) is 0.00473. The van der Waals surface area contributed by atoms with Gasteiger partial charge in [0.2, 0.25) is 0 Å². The Balaban J connectivity index is 1.91. The van der Waals surface area contributed by atoms with Crippen LogP contribution in [0.3, 0.4) is 0 Å². The van der Waals surface area contributed by atoms with Gasteiger partial charge in [-0.15, -0.1) is 10.2 Å². The minimum Gasteiger partial charge on any atom is -0.507 e. The molecular weight excluding hydrogens is 332 g/mol. The maximum Gasteiger partial charge on any atom is 0.339 e. The molecule has 132 valence electrons. The van der Waals surface area contributed by atoms with Crippen molar-refractivity contribution in [3.05, 3.63) is 54.4 Å². The van der Waals surface area contributed by atoms with Crippen molar-refractivity contribution in [2.75, 3.05) is 6.61 Å². The number of esters is 1. The SMILES string of the molecule is CCCCOC(=O)c1cnc2c(N=Nc3ccccn3)ccc(O)c2c1. The molecule has 2 aromatic heterocycles. The zero-order valence-electron chi connectivity index (χ0n) is 14.3. The van der Waals surface area contributed by atoms with Crippen molar-refractivity contribution in [1.82, 2.24) is 9.97 Å². The molecule has 0 fully saturated rings. The van der Waals surface area contributed by atoms with Crippen LogP contribution in [0.2, 0.25) is 0 Å². The van der Waals surface area contributed by atoms with Crippen LogP contribution in [0.1, 0.15) is 30.1 Å². The second kappa shape index (κ2) is 8.15. The molecule has 0 atom stereocenters. The lowest BCUT2D eigenvalue weighted by Gasteiger charge is -2.07. The molecule has 2 heterocycles. The van der Waals surface area contributed by atoms with Crippen LogP contribution in [0.15, 0.2) is 59.0 Å². The average molecular weight is 350 g/mol. The molecule has 7 heteroatoms. The number of carbonyl (C=O) groups excluding carboxylic acids is 1. The fourth-order valence-electron chi connectivity index (χ4n) is 2.29. The Labute approximate surface area is 150 Å². The highest BCUT2D eigenvalue weighted by molar-refractivity contribution is 5.99. The number of unbranched alkanes of at least 4 members (excludes halogenated alkanes) is 1. The lowest BCUT2D eigenvalue weighted by atomic mass is 10.1. The largest absolute Gasteiger partial charge is 0.507 e. The molecule has 0 saturated heterocycles. The van der Waals surface area contributed by atoms with Crippen molar-refractivity contribution >= 4 is 28.4 Å². The molecular formula is C19H18N4O3. The Morgan fingerprint density at radius 3 is 2.85 bits per heavy atom. The summed E-state index contributed by atoms with van der Waals surface area (Å²) in [5, 5.41) is 18.8. The van der Waals surface area contributed by atoms with E-state index in [0.29, 0.717) is 29.0 Å². The maximum absolute atomic E-state index is 12.1. The second-order valence-electron chi connectivity index (χ2n) is 5.60. The lowest BCUT2D eigenvalue weighted by Crippen LogP contribution is -2.06. The fourth-order valence-corrected chi connectivity index (χ4v) is 2.29. The number of phenols is 1. The first-order valence-electron chi connectivity index (χ1n) is 8.30. The molecule has 1 aromatic carbocycles. The van der Waals surface area contributed by atoms with Crippen molar-refractivity contribution < 1.29 is 14.6 Å². The molecule has 1 N–H and O–H groups in total. The van der Waals surface area contributed by atoms with E-state index >= 15 is 0 Å². The van der Waals surface area contributed by atoms with E-state index in [-0.39, 0.29) is 11.3 Å². The number of benzene rings is 1. The predicted octanol–water partition coefficient (Wildman–Crippen LogP) is 4.71. The average Bonchev–Trinajstić information content (AvgIpc) is 2.68. The summed E-state index contributed by atoms with van der Waals surface area (Å²) in [6.45, 7) is 2.38. The summed E-state index contributed by atoms with van der Waals surface area (Å²) >= 11 is 0. The first kappa shape index (κ1) is 17.5. The Morgan fingerprint density at radius 1 is 1.19 bits per heavy atom. The molecule has 7 nitrogen and oxygen atoms in total. The van der Waals surface area contributed by atoms with Gasteiger partial charge >= 0.3 is 5.97 Å². The van der Waals surface area contributed by atoms with Crippen LogP contribution < -0.4 is 0 Å². The number of fused-ring (bicyclic) bond motifs is 1. The molecule has 0 amide bonds. The van der Waals surface area contributed by atoms with Gasteiger partial charge in [0.25, 0.3) is 0 Å². The topological polar surface area (TPSA) is 97.0 Å². The van der Waals surface area contributed by atoms with Gasteiger partial charge in [-0.25, -0.2) is 9.78 Å². The number of nitrogens with zero attached hydrogens (tertiary/aromatic N) is 4. The monoisotopic (exact) mass is 350 g/mol. The number of ether oxygens (including phenoxy) is 1. The third-order valence-electron chi connectivity index (χ3n) is 3.68. The maximum atomic E-state index is 12.1. The molecule has 0 radical (unpaired) electrons. The van der Waals surface area contributed by atoms with Crippen LogP contribution in [0.25, 0.3) is 10.9 Å². The van der Waals surface area contributed by atoms with E-state index < -0.39 is 5.97 Å². The number of aromatic hydroxyl groups is 1. The van der Waals surface area contributed by atoms with Gasteiger partial charge in [0.15, 0.2) is 5.82 Å². The van der Waals surface area contributed by atoms with Gasteiger partial charge < -0.3 is 9.84 Å². The number of pyridine rings is 2. The predicted molar refractivity (Wildman–Crippen MR) is 97.0 cm³/mol. The number of hydrogen-bond acceptors (Lipinski definition) is 7. The summed E-state index contributed by atoms with van der Waals surface area (Å²) in [4.78, 5) is 20.4. The molecule has 0 spiro atoms. The van der Waals surface area contributed by atoms with Gasteiger partial charge in [-0.05, 0) is 36.8 Å². The number of rotatable bonds is 6. The molecule has 0 bridgehead atoms. The standard InChI is InChI=1S/C19H18N4O3/c1-2-3-10-26-19(25)13-11-14-16(24)8-7-15(18(14)21-12-13)22-23-17-6-4-5-9-20-17/h4-9,11-12,24H,2-3,10H2,1H3. The Kier molecular flexibility index (Phi) is 5.48. The number of phenolic OH excluding ortho intramolecular Hbond substituents is 1. The highest BCUT2D eigenvalue weighted by Crippen LogP contribution is 2.32. The zero-order chi connectivity index (χ0) is 18.4. The molecule has 0 aliphatic rings. The van der Waals surface area contributed by atoms with Gasteiger partial charge in [0, 0.05) is 17.8 Å². The van der Waals surface area contributed by atoms with Gasteiger partial charge in [-0.1, -0.05) is 19.4 Å². The fraction of sp³-hybridized carbons (Fsp3) is 0.211. The molecule has 0 unspecified atom stereocenters. The van der Waals surface area contributed by atoms with E-state index in [1.165, 1.54) is 12.3 Å². The summed E-state index contributed by atoms with van der Waals surface area (Å²) in [5.41, 5.74) is 1.19. The third-order valence-corrected chi connectivity index (χ3v) is 3.68. The lowest BCUT2D eigenvalue weighted by molar-refractivity contribution is 0.0499. The van der Waals surface area contributed by atoms with Crippen LogP contribution in [-0.4, -0.2) is 27.7 Å². The molecule has 0 saturated carbocycles. The van der Waals surface area contributed by atoms with E-state index in [9.17, 15) is 9.90 Å². The van der Waals surface area contributed by atoms with Crippen molar-refractivity contribution in [2.24, 2.45) is 10.2 Å². The summed E-state index contributed by atoms with van der Waals surface area (Å²) < 4.78 is 5.18. The summed E-state index contributed by atoms with van der Waals surface area (Å²) in [6, 6.07) is 9.97. The Hall–Kier alpha value is -3.35. The van der Waals surface area contributed by atoms with Crippen LogP contribution in [0.4, 0.5) is 11.5 Å². The quantitative estimate of drug-likeness (QED) is 0.394. The summed E-state index contributed by atoms with van der Waals surface area (Å²) in [7, 11) is 0. The molecule has 0 aliphatic heterocycles. The van der Waals surface area contributed by atoms with E-state index in [1.807, 2.05) is 13.0 Å². The van der Waals surface area contributed by atoms with Crippen LogP contribution in [-0.2, 0) is 4.74 Å². The second-order valence-corrected chi connectivity index (χ2v) is 5.60. The van der Waals surface area contributed by atoms with Crippen LogP contribution in [0.5, 0.6) is 5.75 Å². The van der Waals surface area contributed by atoms with Crippen molar-refractivity contribution in [2.45, 2.75) is 19.8 Å². The van der Waals surface area contributed by atoms with Gasteiger partial charge in [-0.2, -0.15) is 0 Å². The van der Waals surface area contributed by atoms with Crippen LogP contribution >= 0.6 is 0 Å². The molecule has 26 heavy (non-hydrogen) atoms. The minimum absolute atomic E-state index is 0.00694. The van der Waals surface area contributed by atoms with Crippen molar-refractivity contribution in [1.29, 1.82) is 0 Å². The molecule has 3 aromatic rings. The minimum atomic E-state index is -0.465. The van der Waals surface area contributed by atoms with Gasteiger partial charge in [0.05, 0.1) is 12.2 Å². The van der Waals surface area contributed by atoms with Crippen molar-refractivity contribution in [3.8, 4) is 5.75 Å². The highest BCUT2D eigenvalue weighted by Gasteiger charge is 2.13. The first-order chi connectivity index (χ1) is 12.7. The van der Waals surface area contributed by atoms with Crippen molar-refractivity contribution in [3.63, 3.8) is 0 Å². The number of hydrogen-bond donors (Lipinski definition) is 1. The molecule has 3 rings (SSSR count). The van der Waals surface area contributed by atoms with Crippen LogP contribution in [0, 0.1) is 0 Å². The van der Waals surface area contributed by atoms with Gasteiger partial charge in [0.1, 0.15) is 17.0 Å². The zero-order valence-corrected chi connectivity index (χ0v) is 14.3. The normalized spacial score (nSPS) is 11.1. The molecule has 0 aliphatic carbocycles. The van der Waals surface area contributed by atoms with E-state index in [0.717, 1.165) is 12.8 Å². The van der Waals surface area contributed by atoms with E-state index in [4.69, 9.17) is 4.74 Å². The smallest absolute Gasteiger partial charge is 0.339 e.